The van der Waals surface area contributed by atoms with Crippen LogP contribution in [-0.2, 0) is 26.8 Å². The van der Waals surface area contributed by atoms with Gasteiger partial charge in [-0.25, -0.2) is 4.79 Å². The number of carbonyl (C=O) groups excluding carboxylic acids is 2. The summed E-state index contributed by atoms with van der Waals surface area (Å²) in [5.41, 5.74) is 1.14. The van der Waals surface area contributed by atoms with Gasteiger partial charge >= 0.3 is 5.97 Å². The van der Waals surface area contributed by atoms with Crippen LogP contribution >= 0.6 is 0 Å². The molecular formula is C31H48N4O4. The van der Waals surface area contributed by atoms with E-state index in [4.69, 9.17) is 0 Å². The predicted octanol–water partition coefficient (Wildman–Crippen LogP) is 4.43. The average molecular weight is 541 g/mol. The fourth-order valence-corrected chi connectivity index (χ4v) is 5.51. The molecule has 8 heteroatoms. The smallest absolute Gasteiger partial charge is 0.331 e. The molecule has 0 unspecified atom stereocenters. The van der Waals surface area contributed by atoms with Crippen LogP contribution in [0.2, 0.25) is 0 Å². The lowest BCUT2D eigenvalue weighted by Gasteiger charge is -2.41. The van der Waals surface area contributed by atoms with Gasteiger partial charge in [0, 0.05) is 42.2 Å². The molecule has 3 atom stereocenters. The van der Waals surface area contributed by atoms with Crippen molar-refractivity contribution in [2.45, 2.75) is 78.9 Å². The lowest BCUT2D eigenvalue weighted by Crippen LogP contribution is -2.61. The fourth-order valence-electron chi connectivity index (χ4n) is 5.51. The van der Waals surface area contributed by atoms with Crippen LogP contribution in [0.25, 0.3) is 10.9 Å². The van der Waals surface area contributed by atoms with Crippen LogP contribution in [0.15, 0.2) is 42.1 Å². The molecule has 0 aliphatic carbocycles. The van der Waals surface area contributed by atoms with Crippen LogP contribution in [0.5, 0.6) is 0 Å². The first-order valence-corrected chi connectivity index (χ1v) is 13.5. The number of carboxylic acid groups (broad SMARTS) is 1. The molecule has 39 heavy (non-hydrogen) atoms. The van der Waals surface area contributed by atoms with Gasteiger partial charge in [0.15, 0.2) is 0 Å². The third-order valence-electron chi connectivity index (χ3n) is 7.68. The minimum atomic E-state index is -1.02. The molecule has 0 saturated heterocycles. The zero-order valence-electron chi connectivity index (χ0n) is 25.8. The number of rotatable bonds is 10. The molecule has 8 nitrogen and oxygen atoms in total. The van der Waals surface area contributed by atoms with Crippen LogP contribution in [-0.4, -0.2) is 76.5 Å². The highest BCUT2D eigenvalue weighted by atomic mass is 16.4. The Bertz CT molecular complexity index is 1230. The summed E-state index contributed by atoms with van der Waals surface area (Å²) in [4.78, 5) is 43.0. The van der Waals surface area contributed by atoms with E-state index in [-0.39, 0.29) is 23.3 Å². The number of aromatic nitrogens is 1. The maximum Gasteiger partial charge on any atom is 0.331 e. The summed E-state index contributed by atoms with van der Waals surface area (Å²) >= 11 is 0. The number of hydrogen-bond acceptors (Lipinski definition) is 4. The van der Waals surface area contributed by atoms with Gasteiger partial charge < -0.3 is 19.9 Å². The molecule has 2 aromatic rings. The lowest BCUT2D eigenvalue weighted by atomic mass is 9.76. The zero-order chi connectivity index (χ0) is 30.0. The fraction of sp³-hybridized carbons (Fsp3) is 0.581. The van der Waals surface area contributed by atoms with E-state index >= 15 is 0 Å². The third-order valence-corrected chi connectivity index (χ3v) is 7.68. The summed E-state index contributed by atoms with van der Waals surface area (Å²) in [6.45, 7) is 15.3. The zero-order valence-corrected chi connectivity index (χ0v) is 25.8. The number of aryl methyl sites for hydroxylation is 1. The van der Waals surface area contributed by atoms with E-state index in [0.29, 0.717) is 0 Å². The van der Waals surface area contributed by atoms with Gasteiger partial charge in [-0.2, -0.15) is 0 Å². The van der Waals surface area contributed by atoms with Crippen molar-refractivity contribution in [1.82, 2.24) is 19.7 Å². The van der Waals surface area contributed by atoms with E-state index in [9.17, 15) is 19.5 Å². The molecule has 2 amide bonds. The van der Waals surface area contributed by atoms with Gasteiger partial charge in [-0.3, -0.25) is 14.5 Å². The first-order valence-electron chi connectivity index (χ1n) is 13.5. The second kappa shape index (κ2) is 11.9. The highest BCUT2D eigenvalue weighted by Gasteiger charge is 2.44. The van der Waals surface area contributed by atoms with E-state index in [1.807, 2.05) is 72.8 Å². The van der Waals surface area contributed by atoms with Crippen molar-refractivity contribution in [3.63, 3.8) is 0 Å². The van der Waals surface area contributed by atoms with E-state index < -0.39 is 34.9 Å². The van der Waals surface area contributed by atoms with Gasteiger partial charge in [0.2, 0.25) is 11.8 Å². The highest BCUT2D eigenvalue weighted by Crippen LogP contribution is 2.36. The van der Waals surface area contributed by atoms with Gasteiger partial charge in [-0.05, 0) is 44.0 Å². The van der Waals surface area contributed by atoms with Gasteiger partial charge in [-0.1, -0.05) is 72.7 Å². The number of amides is 2. The Balaban J connectivity index is 2.49. The lowest BCUT2D eigenvalue weighted by molar-refractivity contribution is -0.142. The molecule has 0 aliphatic rings. The molecule has 1 heterocycles. The van der Waals surface area contributed by atoms with Gasteiger partial charge in [0.25, 0.3) is 0 Å². The number of carbonyl (C=O) groups is 3. The largest absolute Gasteiger partial charge is 0.478 e. The van der Waals surface area contributed by atoms with Crippen molar-refractivity contribution in [3.8, 4) is 0 Å². The Morgan fingerprint density at radius 3 is 2.08 bits per heavy atom. The van der Waals surface area contributed by atoms with Crippen molar-refractivity contribution < 1.29 is 19.5 Å². The Morgan fingerprint density at radius 1 is 1.03 bits per heavy atom. The molecule has 1 aromatic heterocycles. The maximum atomic E-state index is 14.1. The number of benzene rings is 1. The average Bonchev–Trinajstić information content (AvgIpc) is 3.16. The number of nitrogens with zero attached hydrogens (tertiary/aromatic N) is 3. The molecule has 1 aromatic carbocycles. The standard InChI is InChI=1S/C31H48N4O4/c1-19(2)24(17-20(3)29(38)39)35(12)28(37)25(30(4,5)6)32-27(36)26(33(9)10)31(7,8)22-18-34(11)23-16-14-13-15-21(22)23/h13-19,24-26H,1-12H3,(H,32,36)(H,38,39)/b20-17+/t24-,25-,26-/m1/s1. The monoisotopic (exact) mass is 540 g/mol. The summed E-state index contributed by atoms with van der Waals surface area (Å²) in [6.07, 6.45) is 3.69. The number of hydrogen-bond donors (Lipinski definition) is 2. The van der Waals surface area contributed by atoms with Crippen molar-refractivity contribution in [2.24, 2.45) is 18.4 Å². The van der Waals surface area contributed by atoms with Crippen molar-refractivity contribution in [1.29, 1.82) is 0 Å². The minimum absolute atomic E-state index is 0.0237. The van der Waals surface area contributed by atoms with Crippen molar-refractivity contribution in [2.75, 3.05) is 21.1 Å². The van der Waals surface area contributed by atoms with Crippen LogP contribution < -0.4 is 5.32 Å². The number of fused-ring (bicyclic) bond motifs is 1. The second-order valence-electron chi connectivity index (χ2n) is 12.9. The van der Waals surface area contributed by atoms with E-state index in [1.165, 1.54) is 6.92 Å². The molecule has 0 fully saturated rings. The van der Waals surface area contributed by atoms with Gasteiger partial charge in [0.05, 0.1) is 12.1 Å². The Morgan fingerprint density at radius 2 is 1.59 bits per heavy atom. The number of nitrogens with one attached hydrogen (secondary N) is 1. The molecule has 0 bridgehead atoms. The molecule has 2 rings (SSSR count). The van der Waals surface area contributed by atoms with E-state index in [2.05, 4.69) is 42.1 Å². The van der Waals surface area contributed by atoms with Crippen LogP contribution in [0.3, 0.4) is 0 Å². The van der Waals surface area contributed by atoms with Gasteiger partial charge in [-0.15, -0.1) is 0 Å². The molecule has 0 aliphatic heterocycles. The van der Waals surface area contributed by atoms with Crippen LogP contribution in [0.4, 0.5) is 0 Å². The third kappa shape index (κ3) is 6.90. The Kier molecular flexibility index (Phi) is 9.83. The summed E-state index contributed by atoms with van der Waals surface area (Å²) in [6, 6.07) is 6.32. The van der Waals surface area contributed by atoms with E-state index in [0.717, 1.165) is 16.5 Å². The number of carboxylic acids is 1. The van der Waals surface area contributed by atoms with Gasteiger partial charge in [0.1, 0.15) is 6.04 Å². The topological polar surface area (TPSA) is 94.9 Å². The SMILES string of the molecule is C/C(=C\[C@H](C(C)C)N(C)C(=O)[C@@H](NC(=O)[C@@H](N(C)C)C(C)(C)c1cn(C)c2ccccc12)C(C)(C)C)C(=O)O. The first-order chi connectivity index (χ1) is 17.8. The first kappa shape index (κ1) is 32.1. The highest BCUT2D eigenvalue weighted by molar-refractivity contribution is 5.93. The van der Waals surface area contributed by atoms with Crippen LogP contribution in [0, 0.1) is 11.3 Å². The summed E-state index contributed by atoms with van der Waals surface area (Å²) < 4.78 is 2.08. The molecule has 0 saturated carbocycles. The van der Waals surface area contributed by atoms with Crippen molar-refractivity contribution in [3.05, 3.63) is 47.7 Å². The van der Waals surface area contributed by atoms with Crippen LogP contribution in [0.1, 0.15) is 61.0 Å². The normalized spacial score (nSPS) is 15.4. The molecular weight excluding hydrogens is 492 g/mol. The Hall–Kier alpha value is -3.13. The quantitative estimate of drug-likeness (QED) is 0.435. The Labute approximate surface area is 234 Å². The molecule has 0 radical (unpaired) electrons. The molecule has 216 valence electrons. The minimum Gasteiger partial charge on any atom is -0.478 e. The maximum absolute atomic E-state index is 14.1. The summed E-state index contributed by atoms with van der Waals surface area (Å²) in [7, 11) is 7.44. The molecule has 2 N–H and O–H groups in total. The van der Waals surface area contributed by atoms with E-state index in [1.54, 1.807) is 18.0 Å². The summed E-state index contributed by atoms with van der Waals surface area (Å²) in [5.74, 6) is -1.54. The van der Waals surface area contributed by atoms with Crippen molar-refractivity contribution >= 4 is 28.7 Å². The number of aliphatic carboxylic acids is 1. The number of likely N-dealkylation sites (N-methyl/N-ethyl adjacent to an activating group) is 2. The summed E-state index contributed by atoms with van der Waals surface area (Å²) in [5, 5.41) is 13.6. The molecule has 0 spiro atoms. The number of para-hydroxylation sites is 1. The second-order valence-corrected chi connectivity index (χ2v) is 12.9. The predicted molar refractivity (Wildman–Crippen MR) is 158 cm³/mol.